The number of nitrogens with zero attached hydrogens (tertiary/aromatic N) is 3. The molecule has 0 spiro atoms. The first-order chi connectivity index (χ1) is 15.2. The molecule has 0 saturated heterocycles. The van der Waals surface area contributed by atoms with Gasteiger partial charge in [-0.2, -0.15) is 26.3 Å². The van der Waals surface area contributed by atoms with Crippen LogP contribution in [0.2, 0.25) is 0 Å². The number of oxazole rings is 1. The molecule has 180 valence electrons. The van der Waals surface area contributed by atoms with E-state index in [9.17, 15) is 34.8 Å². The Morgan fingerprint density at radius 2 is 1.85 bits per heavy atom. The molecular formula is C18H16F6N4O3S2. The van der Waals surface area contributed by atoms with Crippen LogP contribution < -0.4 is 5.43 Å². The predicted octanol–water partition coefficient (Wildman–Crippen LogP) is 5.12. The molecule has 0 bridgehead atoms. The lowest BCUT2D eigenvalue weighted by molar-refractivity contribution is -0.140. The van der Waals surface area contributed by atoms with Crippen molar-refractivity contribution < 1.29 is 39.2 Å². The summed E-state index contributed by atoms with van der Waals surface area (Å²) in [6, 6.07) is 4.66. The van der Waals surface area contributed by atoms with E-state index in [0.717, 1.165) is 25.4 Å². The molecule has 0 aliphatic heterocycles. The average Bonchev–Trinajstić information content (AvgIpc) is 3.08. The minimum Gasteiger partial charge on any atom is -0.435 e. The number of aromatic nitrogens is 2. The van der Waals surface area contributed by atoms with Gasteiger partial charge in [0.1, 0.15) is 22.7 Å². The van der Waals surface area contributed by atoms with E-state index in [2.05, 4.69) is 15.4 Å². The van der Waals surface area contributed by atoms with Crippen molar-refractivity contribution >= 4 is 38.4 Å². The Balaban J connectivity index is 2.02. The second-order valence-corrected chi connectivity index (χ2v) is 10.1. The van der Waals surface area contributed by atoms with Gasteiger partial charge < -0.3 is 9.84 Å². The number of hydrazine groups is 1. The van der Waals surface area contributed by atoms with Crippen molar-refractivity contribution in [3.05, 3.63) is 30.5 Å². The van der Waals surface area contributed by atoms with E-state index in [1.165, 1.54) is 19.1 Å². The van der Waals surface area contributed by atoms with Crippen molar-refractivity contribution in [3.63, 3.8) is 0 Å². The standard InChI is InChI=1S/C18H16F6N4O3S2/c1-3-33(29,30)14-6-10(27-28(2)9-17(19,20)21)8-25-15(14)16-26-12-7-11(32-18(22,23)24)4-5-13(12)31-16/h4-8,27H,3,9H2,1-2H3. The third-order valence-corrected chi connectivity index (χ3v) is 6.56. The fraction of sp³-hybridized carbons (Fsp3) is 0.333. The summed E-state index contributed by atoms with van der Waals surface area (Å²) in [5, 5.41) is 0.707. The molecule has 0 unspecified atom stereocenters. The van der Waals surface area contributed by atoms with Crippen LogP contribution >= 0.6 is 11.8 Å². The van der Waals surface area contributed by atoms with Crippen molar-refractivity contribution in [1.82, 2.24) is 15.0 Å². The maximum Gasteiger partial charge on any atom is 0.446 e. The lowest BCUT2D eigenvalue weighted by atomic mass is 10.3. The van der Waals surface area contributed by atoms with Gasteiger partial charge in [0, 0.05) is 11.9 Å². The van der Waals surface area contributed by atoms with E-state index in [1.807, 2.05) is 0 Å². The lowest BCUT2D eigenvalue weighted by Crippen LogP contribution is -2.35. The van der Waals surface area contributed by atoms with Gasteiger partial charge in [-0.15, -0.1) is 0 Å². The van der Waals surface area contributed by atoms with Gasteiger partial charge in [-0.25, -0.2) is 23.4 Å². The van der Waals surface area contributed by atoms with Crippen molar-refractivity contribution in [2.45, 2.75) is 28.4 Å². The monoisotopic (exact) mass is 514 g/mol. The van der Waals surface area contributed by atoms with Gasteiger partial charge in [-0.05, 0) is 36.0 Å². The zero-order valence-corrected chi connectivity index (χ0v) is 18.6. The molecule has 33 heavy (non-hydrogen) atoms. The van der Waals surface area contributed by atoms with E-state index in [-0.39, 0.29) is 55.7 Å². The summed E-state index contributed by atoms with van der Waals surface area (Å²) in [5.41, 5.74) is -2.21. The maximum atomic E-state index is 12.6. The van der Waals surface area contributed by atoms with Gasteiger partial charge in [0.15, 0.2) is 15.4 Å². The van der Waals surface area contributed by atoms with Crippen molar-refractivity contribution in [1.29, 1.82) is 0 Å². The first-order valence-corrected chi connectivity index (χ1v) is 11.6. The van der Waals surface area contributed by atoms with Crippen molar-refractivity contribution in [2.75, 3.05) is 24.8 Å². The molecular weight excluding hydrogens is 498 g/mol. The van der Waals surface area contributed by atoms with Gasteiger partial charge in [0.2, 0.25) is 5.89 Å². The van der Waals surface area contributed by atoms with Gasteiger partial charge in [-0.3, -0.25) is 0 Å². The van der Waals surface area contributed by atoms with Crippen LogP contribution in [0.15, 0.2) is 44.7 Å². The molecule has 0 amide bonds. The number of thioether (sulfide) groups is 1. The Hall–Kier alpha value is -2.52. The fourth-order valence-electron chi connectivity index (χ4n) is 2.79. The first kappa shape index (κ1) is 25.1. The van der Waals surface area contributed by atoms with E-state index in [0.29, 0.717) is 5.01 Å². The predicted molar refractivity (Wildman–Crippen MR) is 109 cm³/mol. The van der Waals surface area contributed by atoms with E-state index >= 15 is 0 Å². The molecule has 0 atom stereocenters. The quantitative estimate of drug-likeness (QED) is 0.264. The topological polar surface area (TPSA) is 88.3 Å². The van der Waals surface area contributed by atoms with Gasteiger partial charge in [0.05, 0.1) is 17.6 Å². The zero-order chi connectivity index (χ0) is 24.6. The molecule has 0 saturated carbocycles. The molecule has 15 heteroatoms. The van der Waals surface area contributed by atoms with Crippen molar-refractivity contribution in [3.8, 4) is 11.6 Å². The third-order valence-electron chi connectivity index (χ3n) is 4.10. The third kappa shape index (κ3) is 6.51. The molecule has 0 radical (unpaired) electrons. The highest BCUT2D eigenvalue weighted by Gasteiger charge is 2.31. The number of benzene rings is 1. The van der Waals surface area contributed by atoms with E-state index in [1.54, 1.807) is 0 Å². The average molecular weight is 514 g/mol. The summed E-state index contributed by atoms with van der Waals surface area (Å²) in [7, 11) is -2.82. The Labute approximate surface area is 188 Å². The minimum absolute atomic E-state index is 0.0301. The fourth-order valence-corrected chi connectivity index (χ4v) is 4.42. The van der Waals surface area contributed by atoms with E-state index in [4.69, 9.17) is 4.42 Å². The second kappa shape index (κ2) is 9.02. The van der Waals surface area contributed by atoms with E-state index < -0.39 is 28.1 Å². The largest absolute Gasteiger partial charge is 0.446 e. The Morgan fingerprint density at radius 3 is 2.45 bits per heavy atom. The highest BCUT2D eigenvalue weighted by atomic mass is 32.2. The second-order valence-electron chi connectivity index (χ2n) is 6.75. The molecule has 2 aromatic heterocycles. The lowest BCUT2D eigenvalue weighted by Gasteiger charge is -2.21. The number of fused-ring (bicyclic) bond motifs is 1. The van der Waals surface area contributed by atoms with Crippen LogP contribution in [-0.2, 0) is 9.84 Å². The Kier molecular flexibility index (Phi) is 6.87. The molecule has 3 rings (SSSR count). The number of hydrogen-bond donors (Lipinski definition) is 1. The number of halogens is 6. The summed E-state index contributed by atoms with van der Waals surface area (Å²) < 4.78 is 106. The van der Waals surface area contributed by atoms with Crippen LogP contribution in [0.3, 0.4) is 0 Å². The van der Waals surface area contributed by atoms with Crippen LogP contribution in [-0.4, -0.2) is 54.4 Å². The number of nitrogens with one attached hydrogen (secondary N) is 1. The first-order valence-electron chi connectivity index (χ1n) is 9.11. The summed E-state index contributed by atoms with van der Waals surface area (Å²) >= 11 is -0.343. The molecule has 0 fully saturated rings. The van der Waals surface area contributed by atoms with Gasteiger partial charge in [0.25, 0.3) is 0 Å². The molecule has 0 aliphatic rings. The summed E-state index contributed by atoms with van der Waals surface area (Å²) in [6.07, 6.45) is -3.40. The molecule has 7 nitrogen and oxygen atoms in total. The molecule has 1 N–H and O–H groups in total. The van der Waals surface area contributed by atoms with Crippen LogP contribution in [0.1, 0.15) is 6.92 Å². The number of pyridine rings is 1. The molecule has 2 heterocycles. The summed E-state index contributed by atoms with van der Waals surface area (Å²) in [4.78, 5) is 7.57. The van der Waals surface area contributed by atoms with Gasteiger partial charge >= 0.3 is 11.7 Å². The van der Waals surface area contributed by atoms with Crippen LogP contribution in [0.4, 0.5) is 32.0 Å². The van der Waals surface area contributed by atoms with Gasteiger partial charge in [-0.1, -0.05) is 6.92 Å². The van der Waals surface area contributed by atoms with Crippen molar-refractivity contribution in [2.24, 2.45) is 0 Å². The van der Waals surface area contributed by atoms with Crippen LogP contribution in [0, 0.1) is 0 Å². The smallest absolute Gasteiger partial charge is 0.435 e. The molecule has 1 aromatic carbocycles. The summed E-state index contributed by atoms with van der Waals surface area (Å²) in [5.74, 6) is -0.614. The minimum atomic E-state index is -4.51. The maximum absolute atomic E-state index is 12.6. The number of hydrogen-bond acceptors (Lipinski definition) is 8. The SMILES string of the molecule is CCS(=O)(=O)c1cc(NN(C)CC(F)(F)F)cnc1-c1nc2cc(SC(F)(F)F)ccc2o1. The molecule has 3 aromatic rings. The Bertz CT molecular complexity index is 1260. The zero-order valence-electron chi connectivity index (χ0n) is 17.0. The summed E-state index contributed by atoms with van der Waals surface area (Å²) in [6.45, 7) is 0.0513. The molecule has 0 aliphatic carbocycles. The Morgan fingerprint density at radius 1 is 1.15 bits per heavy atom. The van der Waals surface area contributed by atoms with Crippen LogP contribution in [0.25, 0.3) is 22.7 Å². The highest BCUT2D eigenvalue weighted by Crippen LogP contribution is 2.38. The number of anilines is 1. The van der Waals surface area contributed by atoms with Crippen LogP contribution in [0.5, 0.6) is 0 Å². The number of sulfone groups is 1. The normalized spacial score (nSPS) is 13.1. The highest BCUT2D eigenvalue weighted by molar-refractivity contribution is 8.00. The number of rotatable bonds is 7. The number of alkyl halides is 6.